The minimum Gasteiger partial charge on any atom is -0.344 e. The van der Waals surface area contributed by atoms with Gasteiger partial charge in [-0.3, -0.25) is 9.59 Å². The van der Waals surface area contributed by atoms with Crippen LogP contribution in [0.15, 0.2) is 29.1 Å². The maximum Gasteiger partial charge on any atom is 0.237 e. The van der Waals surface area contributed by atoms with Crippen molar-refractivity contribution in [3.05, 3.63) is 46.4 Å². The highest BCUT2D eigenvalue weighted by atomic mass is 32.1. The Morgan fingerprint density at radius 3 is 2.91 bits per heavy atom. The van der Waals surface area contributed by atoms with Crippen LogP contribution in [-0.2, 0) is 9.59 Å². The van der Waals surface area contributed by atoms with Crippen molar-refractivity contribution in [3.63, 3.8) is 0 Å². The summed E-state index contributed by atoms with van der Waals surface area (Å²) in [5.74, 6) is -4.65. The van der Waals surface area contributed by atoms with Crippen molar-refractivity contribution in [1.82, 2.24) is 9.88 Å². The van der Waals surface area contributed by atoms with Gasteiger partial charge in [0.2, 0.25) is 11.8 Å². The highest BCUT2D eigenvalue weighted by Gasteiger charge is 2.45. The Kier molecular flexibility index (Phi) is 4.08. The fourth-order valence-corrected chi connectivity index (χ4v) is 3.29. The van der Waals surface area contributed by atoms with Crippen LogP contribution in [0.1, 0.15) is 11.6 Å². The van der Waals surface area contributed by atoms with Crippen molar-refractivity contribution in [2.75, 3.05) is 18.9 Å². The zero-order valence-electron chi connectivity index (χ0n) is 12.1. The Hall–Kier alpha value is -2.35. The molecular formula is C15H13F2N3O2S. The highest BCUT2D eigenvalue weighted by Crippen LogP contribution is 2.34. The van der Waals surface area contributed by atoms with E-state index in [2.05, 4.69) is 10.3 Å². The van der Waals surface area contributed by atoms with E-state index < -0.39 is 29.4 Å². The number of halogens is 2. The average molecular weight is 337 g/mol. The summed E-state index contributed by atoms with van der Waals surface area (Å²) >= 11 is 1.37. The third-order valence-corrected chi connectivity index (χ3v) is 4.44. The summed E-state index contributed by atoms with van der Waals surface area (Å²) in [6.07, 6.45) is 0. The fourth-order valence-electron chi connectivity index (χ4n) is 2.67. The van der Waals surface area contributed by atoms with E-state index in [-0.39, 0.29) is 11.6 Å². The lowest BCUT2D eigenvalue weighted by Crippen LogP contribution is -2.33. The first-order valence-electron chi connectivity index (χ1n) is 6.87. The molecule has 1 fully saturated rings. The second kappa shape index (κ2) is 6.04. The SMILES string of the molecule is CN1C[C@H](c2cscn2)[C@@H](C(=O)Nc2cccc(F)c2F)C1=O. The third kappa shape index (κ3) is 2.81. The van der Waals surface area contributed by atoms with Crippen molar-refractivity contribution >= 4 is 28.8 Å². The van der Waals surface area contributed by atoms with E-state index >= 15 is 0 Å². The molecule has 2 amide bonds. The van der Waals surface area contributed by atoms with Crippen molar-refractivity contribution in [2.24, 2.45) is 5.92 Å². The summed E-state index contributed by atoms with van der Waals surface area (Å²) in [7, 11) is 1.59. The maximum absolute atomic E-state index is 13.7. The number of aromatic nitrogens is 1. The van der Waals surface area contributed by atoms with Gasteiger partial charge in [0, 0.05) is 24.9 Å². The summed E-state index contributed by atoms with van der Waals surface area (Å²) in [5, 5.41) is 4.09. The van der Waals surface area contributed by atoms with Crippen LogP contribution in [0.2, 0.25) is 0 Å². The van der Waals surface area contributed by atoms with Gasteiger partial charge in [-0.25, -0.2) is 13.8 Å². The zero-order valence-corrected chi connectivity index (χ0v) is 12.9. The minimum atomic E-state index is -1.15. The van der Waals surface area contributed by atoms with Gasteiger partial charge in [0.1, 0.15) is 5.92 Å². The second-order valence-corrected chi connectivity index (χ2v) is 6.03. The average Bonchev–Trinajstić information content (AvgIpc) is 3.13. The minimum absolute atomic E-state index is 0.283. The largest absolute Gasteiger partial charge is 0.344 e. The van der Waals surface area contributed by atoms with Crippen molar-refractivity contribution in [3.8, 4) is 0 Å². The Labute approximate surface area is 134 Å². The molecule has 0 spiro atoms. The lowest BCUT2D eigenvalue weighted by Gasteiger charge is -2.15. The van der Waals surface area contributed by atoms with Gasteiger partial charge in [-0.15, -0.1) is 11.3 Å². The standard InChI is InChI=1S/C15H13F2N3O2S/c1-20-5-8(11-6-23-7-18-11)12(15(20)22)14(21)19-10-4-2-3-9(16)13(10)17/h2-4,6-8,12H,5H2,1H3,(H,19,21)/t8-,12+/m1/s1. The monoisotopic (exact) mass is 337 g/mol. The highest BCUT2D eigenvalue weighted by molar-refractivity contribution is 7.07. The lowest BCUT2D eigenvalue weighted by molar-refractivity contribution is -0.135. The summed E-state index contributed by atoms with van der Waals surface area (Å²) in [6, 6.07) is 3.49. The number of benzene rings is 1. The topological polar surface area (TPSA) is 62.3 Å². The molecule has 1 aromatic heterocycles. The first-order chi connectivity index (χ1) is 11.0. The summed E-state index contributed by atoms with van der Waals surface area (Å²) in [5.41, 5.74) is 1.99. The molecule has 2 atom stereocenters. The normalized spacial score (nSPS) is 20.8. The number of hydrogen-bond donors (Lipinski definition) is 1. The molecular weight excluding hydrogens is 324 g/mol. The molecule has 1 aliphatic rings. The third-order valence-electron chi connectivity index (χ3n) is 3.84. The summed E-state index contributed by atoms with van der Waals surface area (Å²) < 4.78 is 26.9. The quantitative estimate of drug-likeness (QED) is 0.874. The number of carbonyl (C=O) groups excluding carboxylic acids is 2. The van der Waals surface area contributed by atoms with Crippen LogP contribution in [0, 0.1) is 17.6 Å². The van der Waals surface area contributed by atoms with E-state index in [1.807, 2.05) is 0 Å². The predicted octanol–water partition coefficient (Wildman–Crippen LogP) is 2.23. The molecule has 2 heterocycles. The van der Waals surface area contributed by atoms with Gasteiger partial charge < -0.3 is 10.2 Å². The van der Waals surface area contributed by atoms with Crippen LogP contribution in [0.3, 0.4) is 0 Å². The molecule has 0 saturated carbocycles. The molecule has 1 aliphatic heterocycles. The van der Waals surface area contributed by atoms with Crippen LogP contribution in [0.4, 0.5) is 14.5 Å². The van der Waals surface area contributed by atoms with Crippen LogP contribution in [0.25, 0.3) is 0 Å². The Morgan fingerprint density at radius 1 is 1.43 bits per heavy atom. The van der Waals surface area contributed by atoms with Crippen molar-refractivity contribution in [2.45, 2.75) is 5.92 Å². The van der Waals surface area contributed by atoms with Gasteiger partial charge >= 0.3 is 0 Å². The molecule has 0 bridgehead atoms. The van der Waals surface area contributed by atoms with Gasteiger partial charge in [0.05, 0.1) is 16.9 Å². The van der Waals surface area contributed by atoms with Crippen molar-refractivity contribution in [1.29, 1.82) is 0 Å². The molecule has 2 aromatic rings. The van der Waals surface area contributed by atoms with E-state index in [1.165, 1.54) is 28.4 Å². The number of rotatable bonds is 3. The maximum atomic E-state index is 13.7. The number of anilines is 1. The van der Waals surface area contributed by atoms with E-state index in [1.54, 1.807) is 17.9 Å². The predicted molar refractivity (Wildman–Crippen MR) is 81.0 cm³/mol. The van der Waals surface area contributed by atoms with Crippen LogP contribution in [-0.4, -0.2) is 35.3 Å². The van der Waals surface area contributed by atoms with Crippen LogP contribution in [0.5, 0.6) is 0 Å². The van der Waals surface area contributed by atoms with Gasteiger partial charge in [0.15, 0.2) is 11.6 Å². The van der Waals surface area contributed by atoms with Gasteiger partial charge in [-0.05, 0) is 12.1 Å². The van der Waals surface area contributed by atoms with Gasteiger partial charge in [-0.1, -0.05) is 6.07 Å². The molecule has 1 N–H and O–H groups in total. The molecule has 3 rings (SSSR count). The first kappa shape index (κ1) is 15.5. The molecule has 0 radical (unpaired) electrons. The van der Waals surface area contributed by atoms with Crippen molar-refractivity contribution < 1.29 is 18.4 Å². The summed E-state index contributed by atoms with van der Waals surface area (Å²) in [4.78, 5) is 30.3. The van der Waals surface area contributed by atoms with E-state index in [0.29, 0.717) is 12.2 Å². The first-order valence-corrected chi connectivity index (χ1v) is 7.81. The number of likely N-dealkylation sites (tertiary alicyclic amines) is 1. The molecule has 0 aliphatic carbocycles. The number of nitrogens with zero attached hydrogens (tertiary/aromatic N) is 2. The molecule has 23 heavy (non-hydrogen) atoms. The van der Waals surface area contributed by atoms with E-state index in [0.717, 1.165) is 6.07 Å². The molecule has 1 aromatic carbocycles. The fraction of sp³-hybridized carbons (Fsp3) is 0.267. The lowest BCUT2D eigenvalue weighted by atomic mass is 9.92. The van der Waals surface area contributed by atoms with E-state index in [4.69, 9.17) is 0 Å². The molecule has 5 nitrogen and oxygen atoms in total. The smallest absolute Gasteiger partial charge is 0.237 e. The number of amides is 2. The number of hydrogen-bond acceptors (Lipinski definition) is 4. The van der Waals surface area contributed by atoms with Crippen LogP contribution < -0.4 is 5.32 Å². The number of likely N-dealkylation sites (N-methyl/N-ethyl adjacent to an activating group) is 1. The summed E-state index contributed by atoms with van der Waals surface area (Å²) in [6.45, 7) is 0.353. The zero-order chi connectivity index (χ0) is 16.6. The number of carbonyl (C=O) groups is 2. The second-order valence-electron chi connectivity index (χ2n) is 5.31. The van der Waals surface area contributed by atoms with Gasteiger partial charge in [-0.2, -0.15) is 0 Å². The Balaban J connectivity index is 1.87. The Bertz CT molecular complexity index is 751. The van der Waals surface area contributed by atoms with E-state index in [9.17, 15) is 18.4 Å². The molecule has 8 heteroatoms. The van der Waals surface area contributed by atoms with Gasteiger partial charge in [0.25, 0.3) is 0 Å². The molecule has 0 unspecified atom stereocenters. The molecule has 120 valence electrons. The number of nitrogens with one attached hydrogen (secondary N) is 1. The molecule has 1 saturated heterocycles. The van der Waals surface area contributed by atoms with Crippen LogP contribution >= 0.6 is 11.3 Å². The Morgan fingerprint density at radius 2 is 2.22 bits per heavy atom. The number of thiazole rings is 1.